The number of nitrogens with one attached hydrogen (secondary N) is 1. The predicted octanol–water partition coefficient (Wildman–Crippen LogP) is 1.30. The van der Waals surface area contributed by atoms with E-state index in [0.29, 0.717) is 19.5 Å². The summed E-state index contributed by atoms with van der Waals surface area (Å²) in [7, 11) is 0. The van der Waals surface area contributed by atoms with Crippen LogP contribution in [0.25, 0.3) is 0 Å². The Morgan fingerprint density at radius 2 is 2.18 bits per heavy atom. The van der Waals surface area contributed by atoms with Gasteiger partial charge in [-0.3, -0.25) is 4.79 Å². The molecule has 1 unspecified atom stereocenters. The summed E-state index contributed by atoms with van der Waals surface area (Å²) in [6, 6.07) is 5.52. The molecule has 17 heavy (non-hydrogen) atoms. The maximum Gasteiger partial charge on any atom is 0.240 e. The van der Waals surface area contributed by atoms with E-state index < -0.39 is 6.04 Å². The summed E-state index contributed by atoms with van der Waals surface area (Å²) in [5.74, 6) is -0.480. The van der Waals surface area contributed by atoms with Crippen LogP contribution in [0.2, 0.25) is 0 Å². The number of hydrogen-bond donors (Lipinski definition) is 2. The summed E-state index contributed by atoms with van der Waals surface area (Å²) in [5.41, 5.74) is 0.835. The van der Waals surface area contributed by atoms with E-state index >= 15 is 0 Å². The number of nitrogens with zero attached hydrogens (tertiary/aromatic N) is 1. The molecule has 2 N–H and O–H groups in total. The number of rotatable bonds is 3. The van der Waals surface area contributed by atoms with Crippen LogP contribution < -0.4 is 5.32 Å². The van der Waals surface area contributed by atoms with E-state index in [1.807, 2.05) is 0 Å². The highest BCUT2D eigenvalue weighted by Gasteiger charge is 2.29. The highest BCUT2D eigenvalue weighted by Crippen LogP contribution is 2.14. The molecule has 5 heteroatoms. The summed E-state index contributed by atoms with van der Waals surface area (Å²) in [5, 5.41) is 13.2. The SMILES string of the molecule is O=C(NCc1ccc(F)cc1)C1CCCN1O. The Kier molecular flexibility index (Phi) is 3.71. The minimum atomic E-state index is -0.449. The first-order chi connectivity index (χ1) is 8.16. The fourth-order valence-electron chi connectivity index (χ4n) is 1.93. The maximum atomic E-state index is 12.7. The average Bonchev–Trinajstić information content (AvgIpc) is 2.74. The van der Waals surface area contributed by atoms with Gasteiger partial charge in [0.05, 0.1) is 0 Å². The van der Waals surface area contributed by atoms with Crippen molar-refractivity contribution < 1.29 is 14.4 Å². The van der Waals surface area contributed by atoms with E-state index in [4.69, 9.17) is 0 Å². The molecule has 0 aliphatic carbocycles. The van der Waals surface area contributed by atoms with Crippen molar-refractivity contribution in [3.63, 3.8) is 0 Å². The molecule has 0 saturated carbocycles. The Morgan fingerprint density at radius 1 is 1.47 bits per heavy atom. The van der Waals surface area contributed by atoms with Crippen molar-refractivity contribution in [1.29, 1.82) is 0 Å². The smallest absolute Gasteiger partial charge is 0.240 e. The molecule has 0 spiro atoms. The molecule has 1 saturated heterocycles. The lowest BCUT2D eigenvalue weighted by atomic mass is 10.2. The highest BCUT2D eigenvalue weighted by atomic mass is 19.1. The quantitative estimate of drug-likeness (QED) is 0.834. The van der Waals surface area contributed by atoms with Crippen LogP contribution in [-0.2, 0) is 11.3 Å². The van der Waals surface area contributed by atoms with E-state index in [0.717, 1.165) is 17.0 Å². The van der Waals surface area contributed by atoms with Gasteiger partial charge in [-0.15, -0.1) is 0 Å². The number of amides is 1. The normalized spacial score (nSPS) is 20.5. The Bertz CT molecular complexity index is 394. The van der Waals surface area contributed by atoms with Crippen molar-refractivity contribution in [2.45, 2.75) is 25.4 Å². The molecule has 4 nitrogen and oxygen atoms in total. The van der Waals surface area contributed by atoms with Crippen LogP contribution in [0.4, 0.5) is 4.39 Å². The lowest BCUT2D eigenvalue weighted by Gasteiger charge is -2.16. The van der Waals surface area contributed by atoms with Crippen molar-refractivity contribution in [1.82, 2.24) is 10.4 Å². The second-order valence-electron chi connectivity index (χ2n) is 4.17. The Morgan fingerprint density at radius 3 is 2.76 bits per heavy atom. The van der Waals surface area contributed by atoms with Crippen LogP contribution in [0, 0.1) is 5.82 Å². The zero-order chi connectivity index (χ0) is 12.3. The van der Waals surface area contributed by atoms with Gasteiger partial charge in [-0.05, 0) is 30.5 Å². The molecule has 0 bridgehead atoms. The topological polar surface area (TPSA) is 52.6 Å². The molecule has 1 atom stereocenters. The number of hydroxylamine groups is 2. The third-order valence-corrected chi connectivity index (χ3v) is 2.91. The van der Waals surface area contributed by atoms with Crippen LogP contribution >= 0.6 is 0 Å². The zero-order valence-electron chi connectivity index (χ0n) is 9.40. The van der Waals surface area contributed by atoms with Crippen molar-refractivity contribution in [2.75, 3.05) is 6.54 Å². The molecule has 1 heterocycles. The second-order valence-corrected chi connectivity index (χ2v) is 4.17. The van der Waals surface area contributed by atoms with Gasteiger partial charge in [0.1, 0.15) is 11.9 Å². The van der Waals surface area contributed by atoms with Crippen molar-refractivity contribution in [3.8, 4) is 0 Å². The van der Waals surface area contributed by atoms with Crippen LogP contribution in [0.1, 0.15) is 18.4 Å². The summed E-state index contributed by atoms with van der Waals surface area (Å²) < 4.78 is 12.7. The van der Waals surface area contributed by atoms with Gasteiger partial charge in [-0.1, -0.05) is 12.1 Å². The van der Waals surface area contributed by atoms with Gasteiger partial charge in [-0.2, -0.15) is 5.06 Å². The molecule has 1 amide bonds. The number of halogens is 1. The van der Waals surface area contributed by atoms with E-state index in [1.165, 1.54) is 12.1 Å². The van der Waals surface area contributed by atoms with Crippen LogP contribution in [-0.4, -0.2) is 28.8 Å². The number of carbonyl (C=O) groups is 1. The maximum absolute atomic E-state index is 12.7. The first-order valence-corrected chi connectivity index (χ1v) is 5.64. The molecular formula is C12H15FN2O2. The monoisotopic (exact) mass is 238 g/mol. The predicted molar refractivity (Wildman–Crippen MR) is 59.8 cm³/mol. The fourth-order valence-corrected chi connectivity index (χ4v) is 1.93. The van der Waals surface area contributed by atoms with Gasteiger partial charge < -0.3 is 10.5 Å². The van der Waals surface area contributed by atoms with Crippen molar-refractivity contribution in [3.05, 3.63) is 35.6 Å². The van der Waals surface area contributed by atoms with Gasteiger partial charge in [0.25, 0.3) is 0 Å². The van der Waals surface area contributed by atoms with E-state index in [9.17, 15) is 14.4 Å². The minimum absolute atomic E-state index is 0.186. The van der Waals surface area contributed by atoms with E-state index in [1.54, 1.807) is 12.1 Å². The minimum Gasteiger partial charge on any atom is -0.351 e. The first kappa shape index (κ1) is 12.0. The molecule has 1 aliphatic rings. The largest absolute Gasteiger partial charge is 0.351 e. The Balaban J connectivity index is 1.85. The molecule has 0 aromatic heterocycles. The average molecular weight is 238 g/mol. The van der Waals surface area contributed by atoms with Gasteiger partial charge in [-0.25, -0.2) is 4.39 Å². The van der Waals surface area contributed by atoms with Crippen LogP contribution in [0.3, 0.4) is 0 Å². The van der Waals surface area contributed by atoms with Gasteiger partial charge in [0, 0.05) is 13.1 Å². The molecular weight excluding hydrogens is 223 g/mol. The first-order valence-electron chi connectivity index (χ1n) is 5.64. The number of benzene rings is 1. The zero-order valence-corrected chi connectivity index (χ0v) is 9.40. The summed E-state index contributed by atoms with van der Waals surface area (Å²) >= 11 is 0. The summed E-state index contributed by atoms with van der Waals surface area (Å²) in [4.78, 5) is 11.7. The summed E-state index contributed by atoms with van der Waals surface area (Å²) in [6.07, 6.45) is 1.50. The third kappa shape index (κ3) is 3.01. The lowest BCUT2D eigenvalue weighted by Crippen LogP contribution is -2.41. The van der Waals surface area contributed by atoms with Crippen LogP contribution in [0.5, 0.6) is 0 Å². The molecule has 1 aliphatic heterocycles. The molecule has 1 aromatic rings. The molecule has 1 aromatic carbocycles. The molecule has 2 rings (SSSR count). The van der Waals surface area contributed by atoms with Crippen LogP contribution in [0.15, 0.2) is 24.3 Å². The fraction of sp³-hybridized carbons (Fsp3) is 0.417. The standard InChI is InChI=1S/C12H15FN2O2/c13-10-5-3-9(4-6-10)8-14-12(16)11-2-1-7-15(11)17/h3-6,11,17H,1-2,7-8H2,(H,14,16). The van der Waals surface area contributed by atoms with Gasteiger partial charge in [0.15, 0.2) is 0 Å². The molecule has 0 radical (unpaired) electrons. The van der Waals surface area contributed by atoms with E-state index in [2.05, 4.69) is 5.32 Å². The highest BCUT2D eigenvalue weighted by molar-refractivity contribution is 5.81. The Labute approximate surface area is 99.0 Å². The Hall–Kier alpha value is -1.46. The van der Waals surface area contributed by atoms with E-state index in [-0.39, 0.29) is 11.7 Å². The van der Waals surface area contributed by atoms with Gasteiger partial charge >= 0.3 is 0 Å². The molecule has 1 fully saturated rings. The summed E-state index contributed by atoms with van der Waals surface area (Å²) in [6.45, 7) is 0.887. The van der Waals surface area contributed by atoms with Crippen molar-refractivity contribution in [2.24, 2.45) is 0 Å². The lowest BCUT2D eigenvalue weighted by molar-refractivity contribution is -0.145. The number of hydrogen-bond acceptors (Lipinski definition) is 3. The third-order valence-electron chi connectivity index (χ3n) is 2.91. The number of carbonyl (C=O) groups excluding carboxylic acids is 1. The van der Waals surface area contributed by atoms with Gasteiger partial charge in [0.2, 0.25) is 5.91 Å². The second kappa shape index (κ2) is 5.25. The molecule has 92 valence electrons. The van der Waals surface area contributed by atoms with Crippen molar-refractivity contribution >= 4 is 5.91 Å².